The first kappa shape index (κ1) is 9.97. The van der Waals surface area contributed by atoms with Crippen LogP contribution in [0.2, 0.25) is 0 Å². The number of benzene rings is 1. The number of hydrogen-bond donors (Lipinski definition) is 0. The number of carbonyl (C=O) groups is 1. The monoisotopic (exact) mass is 202 g/mol. The molecular weight excluding hydrogens is 188 g/mol. The third kappa shape index (κ3) is 2.46. The van der Waals surface area contributed by atoms with Crippen LogP contribution in [0.1, 0.15) is 18.9 Å². The summed E-state index contributed by atoms with van der Waals surface area (Å²) in [5.41, 5.74) is 2.01. The van der Waals surface area contributed by atoms with Gasteiger partial charge in [0.15, 0.2) is 0 Å². The standard InChI is InChI=1S/C13H14O2/c1-10-9-12(15-13(10)14)8-7-11-5-3-2-4-6-11/h2-6,9,12H,7-8H2,1H3. The highest BCUT2D eigenvalue weighted by atomic mass is 16.5. The number of ether oxygens (including phenoxy) is 1. The summed E-state index contributed by atoms with van der Waals surface area (Å²) >= 11 is 0. The van der Waals surface area contributed by atoms with E-state index >= 15 is 0 Å². The van der Waals surface area contributed by atoms with Gasteiger partial charge in [-0.25, -0.2) is 4.79 Å². The van der Waals surface area contributed by atoms with Crippen molar-refractivity contribution in [2.45, 2.75) is 25.9 Å². The molecule has 1 unspecified atom stereocenters. The van der Waals surface area contributed by atoms with E-state index in [4.69, 9.17) is 4.74 Å². The molecule has 2 nitrogen and oxygen atoms in total. The molecule has 0 N–H and O–H groups in total. The number of cyclic esters (lactones) is 1. The average Bonchev–Trinajstić information content (AvgIpc) is 2.57. The van der Waals surface area contributed by atoms with E-state index in [-0.39, 0.29) is 12.1 Å². The molecule has 15 heavy (non-hydrogen) atoms. The molecule has 0 spiro atoms. The van der Waals surface area contributed by atoms with E-state index in [0.29, 0.717) is 0 Å². The first-order valence-corrected chi connectivity index (χ1v) is 5.19. The number of aryl methyl sites for hydroxylation is 1. The summed E-state index contributed by atoms with van der Waals surface area (Å²) in [6, 6.07) is 10.2. The van der Waals surface area contributed by atoms with Gasteiger partial charge in [0.05, 0.1) is 0 Å². The maximum absolute atomic E-state index is 11.1. The topological polar surface area (TPSA) is 26.3 Å². The second kappa shape index (κ2) is 4.30. The molecule has 0 aromatic heterocycles. The molecule has 1 aliphatic heterocycles. The Morgan fingerprint density at radius 3 is 2.60 bits per heavy atom. The van der Waals surface area contributed by atoms with Gasteiger partial charge in [-0.1, -0.05) is 30.3 Å². The number of rotatable bonds is 3. The predicted octanol–water partition coefficient (Wildman–Crippen LogP) is 2.49. The normalized spacial score (nSPS) is 19.9. The van der Waals surface area contributed by atoms with Crippen molar-refractivity contribution in [3.63, 3.8) is 0 Å². The Hall–Kier alpha value is -1.57. The molecule has 0 amide bonds. The zero-order chi connectivity index (χ0) is 10.7. The minimum Gasteiger partial charge on any atom is -0.455 e. The molecule has 0 saturated heterocycles. The molecule has 0 bridgehead atoms. The highest BCUT2D eigenvalue weighted by molar-refractivity contribution is 5.90. The largest absolute Gasteiger partial charge is 0.455 e. The Morgan fingerprint density at radius 1 is 1.27 bits per heavy atom. The van der Waals surface area contributed by atoms with Crippen molar-refractivity contribution in [1.29, 1.82) is 0 Å². The second-order valence-corrected chi connectivity index (χ2v) is 3.82. The number of carbonyl (C=O) groups excluding carboxylic acids is 1. The molecule has 1 atom stereocenters. The summed E-state index contributed by atoms with van der Waals surface area (Å²) in [6.45, 7) is 1.80. The van der Waals surface area contributed by atoms with E-state index in [1.165, 1.54) is 5.56 Å². The minimum absolute atomic E-state index is 0.0299. The van der Waals surface area contributed by atoms with Gasteiger partial charge in [0.2, 0.25) is 0 Å². The van der Waals surface area contributed by atoms with Crippen LogP contribution in [0.5, 0.6) is 0 Å². The Morgan fingerprint density at radius 2 is 2.00 bits per heavy atom. The lowest BCUT2D eigenvalue weighted by Crippen LogP contribution is -2.09. The van der Waals surface area contributed by atoms with Gasteiger partial charge >= 0.3 is 5.97 Å². The van der Waals surface area contributed by atoms with Crippen LogP contribution in [0.4, 0.5) is 0 Å². The Labute approximate surface area is 89.6 Å². The van der Waals surface area contributed by atoms with Crippen LogP contribution >= 0.6 is 0 Å². The van der Waals surface area contributed by atoms with Crippen molar-refractivity contribution >= 4 is 5.97 Å². The molecule has 1 aromatic rings. The summed E-state index contributed by atoms with van der Waals surface area (Å²) < 4.78 is 5.16. The van der Waals surface area contributed by atoms with Crippen molar-refractivity contribution in [2.75, 3.05) is 0 Å². The van der Waals surface area contributed by atoms with Crippen molar-refractivity contribution in [3.05, 3.63) is 47.5 Å². The molecule has 0 radical (unpaired) electrons. The fraction of sp³-hybridized carbons (Fsp3) is 0.308. The van der Waals surface area contributed by atoms with Crippen LogP contribution in [0.15, 0.2) is 42.0 Å². The molecule has 78 valence electrons. The third-order valence-electron chi connectivity index (χ3n) is 2.58. The highest BCUT2D eigenvalue weighted by Crippen LogP contribution is 2.17. The van der Waals surface area contributed by atoms with Gasteiger partial charge < -0.3 is 4.74 Å². The van der Waals surface area contributed by atoms with Crippen LogP contribution in [-0.4, -0.2) is 12.1 Å². The van der Waals surface area contributed by atoms with Gasteiger partial charge in [0, 0.05) is 5.57 Å². The van der Waals surface area contributed by atoms with Gasteiger partial charge in [0.1, 0.15) is 6.10 Å². The van der Waals surface area contributed by atoms with E-state index in [1.54, 1.807) is 6.92 Å². The van der Waals surface area contributed by atoms with Crippen LogP contribution in [-0.2, 0) is 16.0 Å². The fourth-order valence-electron chi connectivity index (χ4n) is 1.71. The van der Waals surface area contributed by atoms with Crippen LogP contribution < -0.4 is 0 Å². The maximum Gasteiger partial charge on any atom is 0.334 e. The third-order valence-corrected chi connectivity index (χ3v) is 2.58. The zero-order valence-electron chi connectivity index (χ0n) is 8.77. The molecule has 1 aliphatic rings. The Bertz CT molecular complexity index is 379. The Kier molecular flexibility index (Phi) is 2.86. The van der Waals surface area contributed by atoms with Gasteiger partial charge in [-0.2, -0.15) is 0 Å². The second-order valence-electron chi connectivity index (χ2n) is 3.82. The fourth-order valence-corrected chi connectivity index (χ4v) is 1.71. The summed E-state index contributed by atoms with van der Waals surface area (Å²) in [4.78, 5) is 11.1. The number of esters is 1. The number of hydrogen-bond acceptors (Lipinski definition) is 2. The van der Waals surface area contributed by atoms with E-state index in [9.17, 15) is 4.79 Å². The van der Waals surface area contributed by atoms with Crippen molar-refractivity contribution in [3.8, 4) is 0 Å². The molecular formula is C13H14O2. The average molecular weight is 202 g/mol. The predicted molar refractivity (Wildman–Crippen MR) is 58.4 cm³/mol. The van der Waals surface area contributed by atoms with Gasteiger partial charge in [-0.05, 0) is 31.4 Å². The smallest absolute Gasteiger partial charge is 0.334 e. The lowest BCUT2D eigenvalue weighted by Gasteiger charge is -2.07. The summed E-state index contributed by atoms with van der Waals surface area (Å²) in [7, 11) is 0. The highest BCUT2D eigenvalue weighted by Gasteiger charge is 2.21. The van der Waals surface area contributed by atoms with E-state index in [2.05, 4.69) is 12.1 Å². The van der Waals surface area contributed by atoms with Crippen molar-refractivity contribution < 1.29 is 9.53 Å². The van der Waals surface area contributed by atoms with E-state index in [1.807, 2.05) is 24.3 Å². The van der Waals surface area contributed by atoms with Crippen molar-refractivity contribution in [1.82, 2.24) is 0 Å². The SMILES string of the molecule is CC1=CC(CCc2ccccc2)OC1=O. The molecule has 0 aliphatic carbocycles. The molecule has 2 rings (SSSR count). The lowest BCUT2D eigenvalue weighted by molar-refractivity contribution is -0.139. The molecule has 2 heteroatoms. The van der Waals surface area contributed by atoms with E-state index in [0.717, 1.165) is 18.4 Å². The van der Waals surface area contributed by atoms with E-state index < -0.39 is 0 Å². The zero-order valence-corrected chi connectivity index (χ0v) is 8.77. The Balaban J connectivity index is 1.88. The van der Waals surface area contributed by atoms with Gasteiger partial charge in [0.25, 0.3) is 0 Å². The molecule has 0 saturated carbocycles. The van der Waals surface area contributed by atoms with Crippen LogP contribution in [0.3, 0.4) is 0 Å². The van der Waals surface area contributed by atoms with Crippen molar-refractivity contribution in [2.24, 2.45) is 0 Å². The first-order valence-electron chi connectivity index (χ1n) is 5.19. The maximum atomic E-state index is 11.1. The first-order chi connectivity index (χ1) is 7.25. The molecule has 0 fully saturated rings. The molecule has 1 aromatic carbocycles. The minimum atomic E-state index is -0.173. The summed E-state index contributed by atoms with van der Waals surface area (Å²) in [5.74, 6) is -0.173. The van der Waals surface area contributed by atoms with Crippen LogP contribution in [0, 0.1) is 0 Å². The van der Waals surface area contributed by atoms with Gasteiger partial charge in [-0.15, -0.1) is 0 Å². The summed E-state index contributed by atoms with van der Waals surface area (Å²) in [6.07, 6.45) is 3.69. The molecule has 1 heterocycles. The van der Waals surface area contributed by atoms with Gasteiger partial charge in [-0.3, -0.25) is 0 Å². The van der Waals surface area contributed by atoms with Crippen LogP contribution in [0.25, 0.3) is 0 Å². The summed E-state index contributed by atoms with van der Waals surface area (Å²) in [5, 5.41) is 0. The lowest BCUT2D eigenvalue weighted by atomic mass is 10.1. The quantitative estimate of drug-likeness (QED) is 0.704.